The van der Waals surface area contributed by atoms with E-state index in [1.165, 1.54) is 6.07 Å². The maximum atomic E-state index is 15.7. The lowest BCUT2D eigenvalue weighted by Crippen LogP contribution is -2.60. The molecule has 11 heteroatoms. The van der Waals surface area contributed by atoms with Gasteiger partial charge in [0.2, 0.25) is 11.8 Å². The smallest absolute Gasteiger partial charge is 0.270 e. The highest BCUT2D eigenvalue weighted by Crippen LogP contribution is 2.32. The van der Waals surface area contributed by atoms with Crippen LogP contribution in [0, 0.1) is 17.7 Å². The molecule has 1 aliphatic carbocycles. The van der Waals surface area contributed by atoms with E-state index in [1.54, 1.807) is 40.9 Å². The summed E-state index contributed by atoms with van der Waals surface area (Å²) in [6.07, 6.45) is 5.18. The van der Waals surface area contributed by atoms with Gasteiger partial charge >= 0.3 is 0 Å². The van der Waals surface area contributed by atoms with Gasteiger partial charge in [0, 0.05) is 56.7 Å². The van der Waals surface area contributed by atoms with Gasteiger partial charge in [-0.15, -0.1) is 0 Å². The highest BCUT2D eigenvalue weighted by Gasteiger charge is 2.36. The van der Waals surface area contributed by atoms with Crippen LogP contribution in [0.3, 0.4) is 0 Å². The molecule has 2 aliphatic rings. The number of Topliss-reactive ketones (excluding diaryl/α,β-unsaturated/α-hetero) is 1. The Hall–Kier alpha value is -3.60. The van der Waals surface area contributed by atoms with Gasteiger partial charge in [-0.3, -0.25) is 23.9 Å². The predicted octanol–water partition coefficient (Wildman–Crippen LogP) is 3.99. The van der Waals surface area contributed by atoms with Crippen molar-refractivity contribution in [3.63, 3.8) is 0 Å². The van der Waals surface area contributed by atoms with Crippen molar-refractivity contribution >= 4 is 23.5 Å². The SMILES string of the molecule is CCC(=O)N[C@@H](C(=O)N1C[C@@H](C)N[C@@H](C)C1)[C@@H](C)c1ccc(CC(=O)[C@@H](NC(=O)c2ccnn2CC)C2CCC(C)CC2)c(F)c1. The number of hydrogen-bond donors (Lipinski definition) is 3. The molecule has 1 saturated heterocycles. The summed E-state index contributed by atoms with van der Waals surface area (Å²) in [6, 6.07) is 4.93. The van der Waals surface area contributed by atoms with Crippen LogP contribution in [0.15, 0.2) is 30.5 Å². The fourth-order valence-corrected chi connectivity index (χ4v) is 6.93. The van der Waals surface area contributed by atoms with E-state index in [9.17, 15) is 19.2 Å². The summed E-state index contributed by atoms with van der Waals surface area (Å²) in [6.45, 7) is 13.2. The Labute approximate surface area is 272 Å². The summed E-state index contributed by atoms with van der Waals surface area (Å²) in [7, 11) is 0. The second kappa shape index (κ2) is 15.8. The fraction of sp³-hybridized carbons (Fsp3) is 0.629. The van der Waals surface area contributed by atoms with Crippen LogP contribution >= 0.6 is 0 Å². The minimum Gasteiger partial charge on any atom is -0.344 e. The van der Waals surface area contributed by atoms with Crippen molar-refractivity contribution in [2.24, 2.45) is 11.8 Å². The second-order valence-corrected chi connectivity index (χ2v) is 13.4. The lowest BCUT2D eigenvalue weighted by Gasteiger charge is -2.39. The molecule has 2 heterocycles. The number of carbonyl (C=O) groups excluding carboxylic acids is 4. The van der Waals surface area contributed by atoms with Crippen molar-refractivity contribution in [3.05, 3.63) is 53.1 Å². The Bertz CT molecular complexity index is 1380. The molecule has 5 atom stereocenters. The van der Waals surface area contributed by atoms with Gasteiger partial charge in [0.25, 0.3) is 5.91 Å². The molecule has 1 aliphatic heterocycles. The molecule has 0 spiro atoms. The average molecular weight is 639 g/mol. The van der Waals surface area contributed by atoms with Crippen LogP contribution in [0.25, 0.3) is 0 Å². The molecule has 3 N–H and O–H groups in total. The number of piperazine rings is 1. The van der Waals surface area contributed by atoms with E-state index in [1.807, 2.05) is 27.7 Å². The topological polar surface area (TPSA) is 125 Å². The highest BCUT2D eigenvalue weighted by atomic mass is 19.1. The molecular weight excluding hydrogens is 587 g/mol. The number of aromatic nitrogens is 2. The molecule has 2 aromatic rings. The molecule has 252 valence electrons. The molecule has 3 amide bonds. The molecule has 4 rings (SSSR count). The van der Waals surface area contributed by atoms with E-state index in [2.05, 4.69) is 28.0 Å². The zero-order chi connectivity index (χ0) is 33.5. The van der Waals surface area contributed by atoms with Crippen LogP contribution in [0.1, 0.15) is 101 Å². The summed E-state index contributed by atoms with van der Waals surface area (Å²) in [5.41, 5.74) is 1.17. The van der Waals surface area contributed by atoms with Gasteiger partial charge in [0.15, 0.2) is 5.78 Å². The maximum Gasteiger partial charge on any atom is 0.270 e. The largest absolute Gasteiger partial charge is 0.344 e. The van der Waals surface area contributed by atoms with Gasteiger partial charge in [0.1, 0.15) is 17.6 Å². The standard InChI is InChI=1S/C35H51FN6O4/c1-7-31(44)39-32(35(46)41-19-22(4)38-23(5)20-41)24(6)26-13-14-27(28(36)17-26)18-30(43)33(25-11-9-21(3)10-12-25)40-34(45)29-15-16-37-42(29)8-2/h13-17,21-25,32-33,38H,7-12,18-20H2,1-6H3,(H,39,44)(H,40,45)/t21?,22-,23+,24-,25?,32+,33-/m0/s1. The molecular formula is C35H51FN6O4. The first kappa shape index (κ1) is 35.3. The third-order valence-corrected chi connectivity index (χ3v) is 9.65. The highest BCUT2D eigenvalue weighted by molar-refractivity contribution is 5.97. The van der Waals surface area contributed by atoms with Crippen molar-refractivity contribution in [1.29, 1.82) is 0 Å². The Morgan fingerprint density at radius 3 is 2.28 bits per heavy atom. The number of ketones is 1. The lowest BCUT2D eigenvalue weighted by atomic mass is 9.77. The van der Waals surface area contributed by atoms with Crippen LogP contribution in [-0.4, -0.2) is 75.4 Å². The van der Waals surface area contributed by atoms with Crippen LogP contribution in [0.5, 0.6) is 0 Å². The Kier molecular flexibility index (Phi) is 12.1. The molecule has 0 bridgehead atoms. The van der Waals surface area contributed by atoms with Crippen LogP contribution < -0.4 is 16.0 Å². The third kappa shape index (κ3) is 8.60. The molecule has 0 radical (unpaired) electrons. The number of nitrogens with zero attached hydrogens (tertiary/aromatic N) is 3. The van der Waals surface area contributed by atoms with Gasteiger partial charge in [-0.05, 0) is 68.7 Å². The first-order valence-electron chi connectivity index (χ1n) is 16.9. The Morgan fingerprint density at radius 1 is 1.00 bits per heavy atom. The average Bonchev–Trinajstić information content (AvgIpc) is 3.52. The van der Waals surface area contributed by atoms with Crippen molar-refractivity contribution in [2.75, 3.05) is 13.1 Å². The summed E-state index contributed by atoms with van der Waals surface area (Å²) in [4.78, 5) is 55.0. The second-order valence-electron chi connectivity index (χ2n) is 13.4. The molecule has 2 fully saturated rings. The van der Waals surface area contributed by atoms with Gasteiger partial charge in [-0.2, -0.15) is 5.10 Å². The summed E-state index contributed by atoms with van der Waals surface area (Å²) in [5.74, 6) is -1.58. The van der Waals surface area contributed by atoms with Gasteiger partial charge in [0.05, 0.1) is 6.04 Å². The number of halogens is 1. The number of hydrogen-bond acceptors (Lipinski definition) is 6. The number of nitrogens with one attached hydrogen (secondary N) is 3. The normalized spacial score (nSPS) is 23.7. The van der Waals surface area contributed by atoms with Crippen LogP contribution in [0.2, 0.25) is 0 Å². The molecule has 1 aromatic heterocycles. The Morgan fingerprint density at radius 2 is 1.67 bits per heavy atom. The maximum absolute atomic E-state index is 15.7. The van der Waals surface area contributed by atoms with E-state index in [-0.39, 0.29) is 59.9 Å². The molecule has 1 aromatic carbocycles. The number of aryl methyl sites for hydroxylation is 1. The first-order valence-corrected chi connectivity index (χ1v) is 16.9. The summed E-state index contributed by atoms with van der Waals surface area (Å²) < 4.78 is 17.3. The van der Waals surface area contributed by atoms with E-state index in [4.69, 9.17) is 0 Å². The van der Waals surface area contributed by atoms with Gasteiger partial charge in [-0.25, -0.2) is 4.39 Å². The minimum atomic E-state index is -0.860. The van der Waals surface area contributed by atoms with Crippen LogP contribution in [-0.2, 0) is 27.3 Å². The number of carbonyl (C=O) groups is 4. The van der Waals surface area contributed by atoms with Crippen molar-refractivity contribution in [1.82, 2.24) is 30.6 Å². The zero-order valence-corrected chi connectivity index (χ0v) is 28.1. The van der Waals surface area contributed by atoms with Gasteiger partial charge < -0.3 is 20.9 Å². The number of benzene rings is 1. The zero-order valence-electron chi connectivity index (χ0n) is 28.1. The monoisotopic (exact) mass is 638 g/mol. The number of rotatable bonds is 12. The summed E-state index contributed by atoms with van der Waals surface area (Å²) in [5, 5.41) is 13.4. The molecule has 46 heavy (non-hydrogen) atoms. The summed E-state index contributed by atoms with van der Waals surface area (Å²) >= 11 is 0. The van der Waals surface area contributed by atoms with E-state index in [0.29, 0.717) is 36.8 Å². The lowest BCUT2D eigenvalue weighted by molar-refractivity contribution is -0.138. The predicted molar refractivity (Wildman–Crippen MR) is 175 cm³/mol. The van der Waals surface area contributed by atoms with E-state index in [0.717, 1.165) is 25.7 Å². The van der Waals surface area contributed by atoms with Gasteiger partial charge in [-0.1, -0.05) is 45.7 Å². The quantitative estimate of drug-likeness (QED) is 0.323. The Balaban J connectivity index is 1.53. The molecule has 0 unspecified atom stereocenters. The molecule has 1 saturated carbocycles. The fourth-order valence-electron chi connectivity index (χ4n) is 6.93. The first-order chi connectivity index (χ1) is 21.9. The van der Waals surface area contributed by atoms with E-state index < -0.39 is 23.8 Å². The van der Waals surface area contributed by atoms with Crippen molar-refractivity contribution < 1.29 is 23.6 Å². The van der Waals surface area contributed by atoms with Crippen molar-refractivity contribution in [2.45, 2.75) is 117 Å². The van der Waals surface area contributed by atoms with Crippen molar-refractivity contribution in [3.8, 4) is 0 Å². The molecule has 10 nitrogen and oxygen atoms in total. The van der Waals surface area contributed by atoms with E-state index >= 15 is 4.39 Å². The number of amides is 3. The minimum absolute atomic E-state index is 0.0302. The van der Waals surface area contributed by atoms with Crippen LogP contribution in [0.4, 0.5) is 4.39 Å². The third-order valence-electron chi connectivity index (χ3n) is 9.65.